The monoisotopic (exact) mass is 226 g/mol. The van der Waals surface area contributed by atoms with Crippen molar-refractivity contribution in [3.05, 3.63) is 0 Å². The maximum absolute atomic E-state index is 11.6. The van der Waals surface area contributed by atoms with Crippen LogP contribution in [0.3, 0.4) is 0 Å². The summed E-state index contributed by atoms with van der Waals surface area (Å²) in [5.41, 5.74) is 5.66. The minimum atomic E-state index is -0.427. The molecule has 0 saturated heterocycles. The molecule has 4 nitrogen and oxygen atoms in total. The third kappa shape index (κ3) is 2.32. The lowest BCUT2D eigenvalue weighted by atomic mass is 9.95. The number of hydrogen-bond acceptors (Lipinski definition) is 3. The molecular formula is C12H22N2O2. The van der Waals surface area contributed by atoms with Crippen molar-refractivity contribution < 1.29 is 9.53 Å². The van der Waals surface area contributed by atoms with Crippen LogP contribution in [0.5, 0.6) is 0 Å². The molecule has 0 aromatic carbocycles. The Morgan fingerprint density at radius 2 is 2.06 bits per heavy atom. The maximum atomic E-state index is 11.6. The van der Waals surface area contributed by atoms with Gasteiger partial charge in [0.25, 0.3) is 0 Å². The Balaban J connectivity index is 1.85. The van der Waals surface area contributed by atoms with Crippen molar-refractivity contribution >= 4 is 6.09 Å². The van der Waals surface area contributed by atoms with Crippen LogP contribution in [0.25, 0.3) is 0 Å². The Hall–Kier alpha value is -0.770. The molecule has 0 aliphatic heterocycles. The van der Waals surface area contributed by atoms with Gasteiger partial charge in [0, 0.05) is 12.1 Å². The number of rotatable bonds is 1. The van der Waals surface area contributed by atoms with Gasteiger partial charge >= 0.3 is 6.09 Å². The standard InChI is InChI=1S/C12H22N2O2/c1-12(2,3)16-11(15)14-9-6-7-4-5-8(9)10(7)13/h7-10H,4-6,13H2,1-3H3,(H,14,15)/t7-,8-,9+,10+/m1/s1. The molecule has 2 rings (SSSR count). The minimum absolute atomic E-state index is 0.226. The maximum Gasteiger partial charge on any atom is 0.407 e. The molecule has 2 aliphatic carbocycles. The fourth-order valence-electron chi connectivity index (χ4n) is 3.01. The Kier molecular flexibility index (Phi) is 2.86. The van der Waals surface area contributed by atoms with Crippen molar-refractivity contribution in [2.24, 2.45) is 17.6 Å². The van der Waals surface area contributed by atoms with Crippen molar-refractivity contribution in [3.63, 3.8) is 0 Å². The summed E-state index contributed by atoms with van der Waals surface area (Å²) in [4.78, 5) is 11.6. The third-order valence-corrected chi connectivity index (χ3v) is 3.69. The Labute approximate surface area is 96.9 Å². The molecule has 0 aromatic rings. The zero-order valence-corrected chi connectivity index (χ0v) is 10.3. The van der Waals surface area contributed by atoms with Gasteiger partial charge in [-0.05, 0) is 51.9 Å². The highest BCUT2D eigenvalue weighted by atomic mass is 16.6. The predicted molar refractivity (Wildman–Crippen MR) is 62.0 cm³/mol. The third-order valence-electron chi connectivity index (χ3n) is 3.69. The van der Waals surface area contributed by atoms with E-state index in [1.165, 1.54) is 6.42 Å². The zero-order chi connectivity index (χ0) is 11.9. The number of amides is 1. The van der Waals surface area contributed by atoms with E-state index in [1.54, 1.807) is 0 Å². The molecule has 4 heteroatoms. The van der Waals surface area contributed by atoms with Crippen molar-refractivity contribution in [1.29, 1.82) is 0 Å². The molecule has 3 N–H and O–H groups in total. The first kappa shape index (κ1) is 11.7. The highest BCUT2D eigenvalue weighted by molar-refractivity contribution is 5.68. The van der Waals surface area contributed by atoms with Crippen LogP contribution in [0, 0.1) is 11.8 Å². The second-order valence-electron chi connectivity index (χ2n) is 6.07. The Morgan fingerprint density at radius 1 is 1.38 bits per heavy atom. The van der Waals surface area contributed by atoms with Gasteiger partial charge in [-0.25, -0.2) is 4.79 Å². The molecule has 16 heavy (non-hydrogen) atoms. The summed E-state index contributed by atoms with van der Waals surface area (Å²) in [6, 6.07) is 0.503. The van der Waals surface area contributed by atoms with Crippen molar-refractivity contribution in [2.45, 2.75) is 57.7 Å². The molecule has 2 saturated carbocycles. The van der Waals surface area contributed by atoms with Gasteiger partial charge in [0.05, 0.1) is 0 Å². The van der Waals surface area contributed by atoms with Gasteiger partial charge in [-0.1, -0.05) is 0 Å². The lowest BCUT2D eigenvalue weighted by Crippen LogP contribution is -2.43. The molecule has 92 valence electrons. The quantitative estimate of drug-likeness (QED) is 0.714. The van der Waals surface area contributed by atoms with Gasteiger partial charge in [-0.15, -0.1) is 0 Å². The van der Waals surface area contributed by atoms with E-state index in [1.807, 2.05) is 20.8 Å². The Morgan fingerprint density at radius 3 is 2.50 bits per heavy atom. The van der Waals surface area contributed by atoms with Crippen LogP contribution in [0.1, 0.15) is 40.0 Å². The number of carbonyl (C=O) groups is 1. The van der Waals surface area contributed by atoms with Gasteiger partial charge in [0.15, 0.2) is 0 Å². The van der Waals surface area contributed by atoms with Crippen LogP contribution in [-0.2, 0) is 4.74 Å². The first-order valence-electron chi connectivity index (χ1n) is 6.12. The molecular weight excluding hydrogens is 204 g/mol. The average molecular weight is 226 g/mol. The SMILES string of the molecule is CC(C)(C)OC(=O)N[C@H]1C[C@H]2CC[C@H]1[C@H]2N. The minimum Gasteiger partial charge on any atom is -0.444 e. The van der Waals surface area contributed by atoms with Crippen molar-refractivity contribution in [3.8, 4) is 0 Å². The molecule has 0 spiro atoms. The van der Waals surface area contributed by atoms with E-state index in [4.69, 9.17) is 10.5 Å². The summed E-state index contributed by atoms with van der Waals surface area (Å²) in [5, 5.41) is 2.96. The molecule has 2 bridgehead atoms. The number of hydrogen-bond donors (Lipinski definition) is 2. The van der Waals surface area contributed by atoms with Crippen LogP contribution >= 0.6 is 0 Å². The summed E-state index contributed by atoms with van der Waals surface area (Å²) < 4.78 is 5.25. The van der Waals surface area contributed by atoms with Crippen LogP contribution in [0.15, 0.2) is 0 Å². The van der Waals surface area contributed by atoms with Crippen LogP contribution in [0.2, 0.25) is 0 Å². The molecule has 2 fully saturated rings. The number of ether oxygens (including phenoxy) is 1. The normalized spacial score (nSPS) is 37.5. The zero-order valence-electron chi connectivity index (χ0n) is 10.3. The van der Waals surface area contributed by atoms with Gasteiger partial charge in [0.1, 0.15) is 5.60 Å². The van der Waals surface area contributed by atoms with Gasteiger partial charge in [-0.2, -0.15) is 0 Å². The number of alkyl carbamates (subject to hydrolysis) is 1. The first-order chi connectivity index (χ1) is 7.37. The van der Waals surface area contributed by atoms with Gasteiger partial charge in [-0.3, -0.25) is 0 Å². The highest BCUT2D eigenvalue weighted by Crippen LogP contribution is 2.43. The highest BCUT2D eigenvalue weighted by Gasteiger charge is 2.46. The largest absolute Gasteiger partial charge is 0.444 e. The van der Waals surface area contributed by atoms with Crippen LogP contribution in [0.4, 0.5) is 4.79 Å². The lowest BCUT2D eigenvalue weighted by Gasteiger charge is -2.26. The summed E-state index contributed by atoms with van der Waals surface area (Å²) in [7, 11) is 0. The van der Waals surface area contributed by atoms with E-state index < -0.39 is 5.60 Å². The molecule has 0 radical (unpaired) electrons. The topological polar surface area (TPSA) is 64.3 Å². The summed E-state index contributed by atoms with van der Waals surface area (Å²) in [6.45, 7) is 5.62. The fourth-order valence-corrected chi connectivity index (χ4v) is 3.01. The molecule has 2 aliphatic rings. The summed E-state index contributed by atoms with van der Waals surface area (Å²) in [6.07, 6.45) is 3.08. The second kappa shape index (κ2) is 3.91. The fraction of sp³-hybridized carbons (Fsp3) is 0.917. The van der Waals surface area contributed by atoms with E-state index in [0.29, 0.717) is 11.8 Å². The predicted octanol–water partition coefficient (Wildman–Crippen LogP) is 1.64. The lowest BCUT2D eigenvalue weighted by molar-refractivity contribution is 0.0487. The number of carbonyl (C=O) groups excluding carboxylic acids is 1. The van der Waals surface area contributed by atoms with Crippen molar-refractivity contribution in [2.75, 3.05) is 0 Å². The average Bonchev–Trinajstić information content (AvgIpc) is 2.57. The molecule has 4 atom stereocenters. The second-order valence-corrected chi connectivity index (χ2v) is 6.07. The number of nitrogens with one attached hydrogen (secondary N) is 1. The summed E-state index contributed by atoms with van der Waals surface area (Å²) >= 11 is 0. The van der Waals surface area contributed by atoms with Crippen LogP contribution in [-0.4, -0.2) is 23.8 Å². The summed E-state index contributed by atoms with van der Waals surface area (Å²) in [5.74, 6) is 1.06. The van der Waals surface area contributed by atoms with E-state index >= 15 is 0 Å². The molecule has 0 unspecified atom stereocenters. The number of nitrogens with two attached hydrogens (primary N) is 1. The van der Waals surface area contributed by atoms with E-state index in [-0.39, 0.29) is 18.2 Å². The molecule has 0 heterocycles. The first-order valence-corrected chi connectivity index (χ1v) is 6.12. The van der Waals surface area contributed by atoms with E-state index in [9.17, 15) is 4.79 Å². The van der Waals surface area contributed by atoms with Gasteiger partial charge in [0.2, 0.25) is 0 Å². The van der Waals surface area contributed by atoms with Crippen LogP contribution < -0.4 is 11.1 Å². The number of fused-ring (bicyclic) bond motifs is 2. The molecule has 1 amide bonds. The smallest absolute Gasteiger partial charge is 0.407 e. The molecule has 0 aromatic heterocycles. The van der Waals surface area contributed by atoms with Gasteiger partial charge < -0.3 is 15.8 Å². The van der Waals surface area contributed by atoms with E-state index in [2.05, 4.69) is 5.32 Å². The van der Waals surface area contributed by atoms with E-state index in [0.717, 1.165) is 12.8 Å². The Bertz CT molecular complexity index is 285. The van der Waals surface area contributed by atoms with Crippen molar-refractivity contribution in [1.82, 2.24) is 5.32 Å².